The van der Waals surface area contributed by atoms with E-state index in [1.54, 1.807) is 0 Å². The molecule has 0 saturated carbocycles. The molecule has 3 heteroatoms. The van der Waals surface area contributed by atoms with Gasteiger partial charge in [-0.25, -0.2) is 0 Å². The van der Waals surface area contributed by atoms with Crippen LogP contribution in [0.3, 0.4) is 0 Å². The highest BCUT2D eigenvalue weighted by Gasteiger charge is 2.11. The molecule has 1 heterocycles. The number of nitrogens with one attached hydrogen (secondary N) is 1. The van der Waals surface area contributed by atoms with Gasteiger partial charge < -0.3 is 10.1 Å². The Hall–Kier alpha value is -0.380. The highest BCUT2D eigenvalue weighted by molar-refractivity contribution is 9.10. The molecule has 1 aliphatic rings. The Kier molecular flexibility index (Phi) is 5.49. The number of ether oxygens (including phenoxy) is 1. The van der Waals surface area contributed by atoms with Gasteiger partial charge in [0.2, 0.25) is 0 Å². The van der Waals surface area contributed by atoms with E-state index in [-0.39, 0.29) is 0 Å². The molecule has 1 unspecified atom stereocenters. The fourth-order valence-corrected chi connectivity index (χ4v) is 2.66. The number of rotatable bonds is 5. The van der Waals surface area contributed by atoms with Gasteiger partial charge >= 0.3 is 0 Å². The predicted octanol–water partition coefficient (Wildman–Crippen LogP) is 3.50. The van der Waals surface area contributed by atoms with E-state index >= 15 is 0 Å². The Balaban J connectivity index is 1.62. The van der Waals surface area contributed by atoms with Gasteiger partial charge in [0.1, 0.15) is 0 Å². The minimum absolute atomic E-state index is 0.672. The second-order valence-electron chi connectivity index (χ2n) is 4.62. The molecular formula is C14H20BrNO. The molecule has 2 nitrogen and oxygen atoms in total. The number of benzene rings is 1. The molecule has 1 saturated heterocycles. The Morgan fingerprint density at radius 1 is 1.35 bits per heavy atom. The first-order valence-electron chi connectivity index (χ1n) is 6.40. The highest BCUT2D eigenvalue weighted by Crippen LogP contribution is 2.13. The van der Waals surface area contributed by atoms with Crippen LogP contribution in [0.25, 0.3) is 0 Å². The first-order valence-corrected chi connectivity index (χ1v) is 7.19. The largest absolute Gasteiger partial charge is 0.377 e. The van der Waals surface area contributed by atoms with E-state index in [4.69, 9.17) is 4.74 Å². The molecule has 0 aliphatic carbocycles. The quantitative estimate of drug-likeness (QED) is 0.840. The monoisotopic (exact) mass is 297 g/mol. The van der Waals surface area contributed by atoms with Crippen LogP contribution in [-0.4, -0.2) is 19.2 Å². The lowest BCUT2D eigenvalue weighted by molar-refractivity contribution is 0.108. The van der Waals surface area contributed by atoms with Gasteiger partial charge in [0.05, 0.1) is 6.61 Å². The molecule has 1 N–H and O–H groups in total. The zero-order chi connectivity index (χ0) is 11.9. The molecule has 1 fully saturated rings. The van der Waals surface area contributed by atoms with E-state index in [1.165, 1.54) is 31.4 Å². The van der Waals surface area contributed by atoms with Crippen LogP contribution < -0.4 is 5.32 Å². The first-order chi connectivity index (χ1) is 8.34. The van der Waals surface area contributed by atoms with E-state index in [0.717, 1.165) is 17.5 Å². The lowest BCUT2D eigenvalue weighted by Crippen LogP contribution is -2.34. The summed E-state index contributed by atoms with van der Waals surface area (Å²) in [5, 5.41) is 3.54. The molecule has 17 heavy (non-hydrogen) atoms. The summed E-state index contributed by atoms with van der Waals surface area (Å²) in [5.74, 6) is 0. The summed E-state index contributed by atoms with van der Waals surface area (Å²) in [7, 11) is 0. The van der Waals surface area contributed by atoms with Crippen LogP contribution in [0.15, 0.2) is 28.7 Å². The molecule has 2 rings (SSSR count). The van der Waals surface area contributed by atoms with Crippen molar-refractivity contribution in [3.8, 4) is 0 Å². The minimum Gasteiger partial charge on any atom is -0.377 e. The summed E-state index contributed by atoms with van der Waals surface area (Å²) < 4.78 is 6.83. The van der Waals surface area contributed by atoms with Crippen molar-refractivity contribution in [1.82, 2.24) is 5.32 Å². The minimum atomic E-state index is 0.672. The number of hydrogen-bond acceptors (Lipinski definition) is 2. The standard InChI is InChI=1S/C14H20BrNO/c15-13-5-3-4-12(10-13)11-17-9-7-14-6-1-2-8-16-14/h3-5,10,14,16H,1-2,6-9,11H2. The van der Waals surface area contributed by atoms with Crippen molar-refractivity contribution in [2.45, 2.75) is 38.3 Å². The van der Waals surface area contributed by atoms with Gasteiger partial charge in [0, 0.05) is 17.1 Å². The first kappa shape index (κ1) is 13.1. The van der Waals surface area contributed by atoms with E-state index in [9.17, 15) is 0 Å². The maximum absolute atomic E-state index is 5.72. The second-order valence-corrected chi connectivity index (χ2v) is 5.53. The van der Waals surface area contributed by atoms with Crippen molar-refractivity contribution in [3.63, 3.8) is 0 Å². The smallest absolute Gasteiger partial charge is 0.0717 e. The van der Waals surface area contributed by atoms with E-state index < -0.39 is 0 Å². The molecule has 1 aromatic rings. The average molecular weight is 298 g/mol. The molecule has 0 bridgehead atoms. The molecular weight excluding hydrogens is 278 g/mol. The number of piperidine rings is 1. The molecule has 1 atom stereocenters. The summed E-state index contributed by atoms with van der Waals surface area (Å²) in [5.41, 5.74) is 1.23. The lowest BCUT2D eigenvalue weighted by atomic mass is 10.0. The van der Waals surface area contributed by atoms with Gasteiger partial charge in [-0.15, -0.1) is 0 Å². The normalized spacial score (nSPS) is 20.4. The van der Waals surface area contributed by atoms with Gasteiger partial charge in [-0.2, -0.15) is 0 Å². The van der Waals surface area contributed by atoms with E-state index in [1.807, 2.05) is 12.1 Å². The Morgan fingerprint density at radius 3 is 3.06 bits per heavy atom. The molecule has 1 aliphatic heterocycles. The Morgan fingerprint density at radius 2 is 2.29 bits per heavy atom. The molecule has 0 spiro atoms. The van der Waals surface area contributed by atoms with Gasteiger partial charge in [-0.05, 0) is 43.5 Å². The third-order valence-electron chi connectivity index (χ3n) is 3.18. The zero-order valence-corrected chi connectivity index (χ0v) is 11.7. The van der Waals surface area contributed by atoms with Crippen LogP contribution in [0.4, 0.5) is 0 Å². The van der Waals surface area contributed by atoms with Gasteiger partial charge in [0.15, 0.2) is 0 Å². The maximum Gasteiger partial charge on any atom is 0.0717 e. The van der Waals surface area contributed by atoms with E-state index in [0.29, 0.717) is 12.6 Å². The summed E-state index contributed by atoms with van der Waals surface area (Å²) in [4.78, 5) is 0. The van der Waals surface area contributed by atoms with E-state index in [2.05, 4.69) is 33.4 Å². The van der Waals surface area contributed by atoms with Crippen LogP contribution in [-0.2, 0) is 11.3 Å². The van der Waals surface area contributed by atoms with Crippen molar-refractivity contribution in [1.29, 1.82) is 0 Å². The average Bonchev–Trinajstić information content (AvgIpc) is 2.36. The van der Waals surface area contributed by atoms with Crippen molar-refractivity contribution < 1.29 is 4.74 Å². The van der Waals surface area contributed by atoms with Crippen LogP contribution in [0, 0.1) is 0 Å². The van der Waals surface area contributed by atoms with Crippen molar-refractivity contribution in [3.05, 3.63) is 34.3 Å². The summed E-state index contributed by atoms with van der Waals surface area (Å²) in [6.45, 7) is 2.74. The molecule has 0 radical (unpaired) electrons. The van der Waals surface area contributed by atoms with Gasteiger partial charge in [-0.1, -0.05) is 34.5 Å². The topological polar surface area (TPSA) is 21.3 Å². The fraction of sp³-hybridized carbons (Fsp3) is 0.571. The third kappa shape index (κ3) is 4.78. The maximum atomic E-state index is 5.72. The van der Waals surface area contributed by atoms with Crippen molar-refractivity contribution in [2.75, 3.05) is 13.2 Å². The van der Waals surface area contributed by atoms with Gasteiger partial charge in [0.25, 0.3) is 0 Å². The Labute approximate surface area is 112 Å². The highest BCUT2D eigenvalue weighted by atomic mass is 79.9. The van der Waals surface area contributed by atoms with Crippen molar-refractivity contribution in [2.24, 2.45) is 0 Å². The lowest BCUT2D eigenvalue weighted by Gasteiger charge is -2.23. The van der Waals surface area contributed by atoms with Crippen LogP contribution in [0.1, 0.15) is 31.2 Å². The molecule has 0 amide bonds. The summed E-state index contributed by atoms with van der Waals surface area (Å²) in [6, 6.07) is 8.97. The summed E-state index contributed by atoms with van der Waals surface area (Å²) >= 11 is 3.47. The summed E-state index contributed by atoms with van der Waals surface area (Å²) in [6.07, 6.45) is 5.13. The molecule has 1 aromatic carbocycles. The second kappa shape index (κ2) is 7.14. The Bertz CT molecular complexity index is 337. The van der Waals surface area contributed by atoms with Crippen LogP contribution in [0.2, 0.25) is 0 Å². The predicted molar refractivity (Wildman–Crippen MR) is 74.1 cm³/mol. The zero-order valence-electron chi connectivity index (χ0n) is 10.1. The molecule has 0 aromatic heterocycles. The van der Waals surface area contributed by atoms with Crippen LogP contribution in [0.5, 0.6) is 0 Å². The third-order valence-corrected chi connectivity index (χ3v) is 3.67. The molecule has 94 valence electrons. The van der Waals surface area contributed by atoms with Gasteiger partial charge in [-0.3, -0.25) is 0 Å². The number of halogens is 1. The fourth-order valence-electron chi connectivity index (χ4n) is 2.21. The number of hydrogen-bond donors (Lipinski definition) is 1. The SMILES string of the molecule is Brc1cccc(COCCC2CCCCN2)c1. The van der Waals surface area contributed by atoms with Crippen molar-refractivity contribution >= 4 is 15.9 Å². The van der Waals surface area contributed by atoms with Crippen LogP contribution >= 0.6 is 15.9 Å².